The molecule has 0 aliphatic carbocycles. The predicted octanol–water partition coefficient (Wildman–Crippen LogP) is 2.72. The first kappa shape index (κ1) is 14.1. The van der Waals surface area contributed by atoms with Gasteiger partial charge in [0.15, 0.2) is 0 Å². The molecule has 1 aromatic carbocycles. The summed E-state index contributed by atoms with van der Waals surface area (Å²) in [6.07, 6.45) is 0. The van der Waals surface area contributed by atoms with Gasteiger partial charge in [0.05, 0.1) is 12.8 Å². The van der Waals surface area contributed by atoms with Crippen molar-refractivity contribution < 1.29 is 13.9 Å². The third-order valence-corrected chi connectivity index (χ3v) is 2.68. The maximum absolute atomic E-state index is 13.1. The van der Waals surface area contributed by atoms with Crippen molar-refractivity contribution in [2.75, 3.05) is 18.2 Å². The smallest absolute Gasteiger partial charge is 0.256 e. The van der Waals surface area contributed by atoms with Gasteiger partial charge in [0.25, 0.3) is 5.91 Å². The number of amides is 1. The number of anilines is 2. The summed E-state index contributed by atoms with van der Waals surface area (Å²) < 4.78 is 18.1. The van der Waals surface area contributed by atoms with Crippen molar-refractivity contribution in [1.82, 2.24) is 4.98 Å². The van der Waals surface area contributed by atoms with Crippen LogP contribution in [0.3, 0.4) is 0 Å². The minimum absolute atomic E-state index is 0.112. The molecule has 0 saturated carbocycles. The third-order valence-electron chi connectivity index (χ3n) is 2.49. The SMILES string of the molecule is COc1cc(F)ccc1NC(=O)c1cc(N)nc(Cl)c1. The summed E-state index contributed by atoms with van der Waals surface area (Å²) in [5, 5.41) is 2.70. The van der Waals surface area contributed by atoms with Crippen LogP contribution in [0.4, 0.5) is 15.9 Å². The first-order chi connectivity index (χ1) is 9.49. The molecule has 104 valence electrons. The van der Waals surface area contributed by atoms with Gasteiger partial charge in [-0.15, -0.1) is 0 Å². The van der Waals surface area contributed by atoms with E-state index in [0.717, 1.165) is 0 Å². The van der Waals surface area contributed by atoms with E-state index < -0.39 is 11.7 Å². The Balaban J connectivity index is 2.27. The number of aromatic nitrogens is 1. The summed E-state index contributed by atoms with van der Waals surface area (Å²) in [5.74, 6) is -0.567. The third kappa shape index (κ3) is 3.16. The number of pyridine rings is 1. The number of nitrogens with zero attached hydrogens (tertiary/aromatic N) is 1. The highest BCUT2D eigenvalue weighted by Crippen LogP contribution is 2.25. The van der Waals surface area contributed by atoms with Gasteiger partial charge in [-0.05, 0) is 24.3 Å². The quantitative estimate of drug-likeness (QED) is 0.854. The Morgan fingerprint density at radius 2 is 2.15 bits per heavy atom. The fourth-order valence-corrected chi connectivity index (χ4v) is 1.83. The molecule has 1 heterocycles. The zero-order valence-electron chi connectivity index (χ0n) is 10.5. The Kier molecular flexibility index (Phi) is 4.05. The summed E-state index contributed by atoms with van der Waals surface area (Å²) in [7, 11) is 1.38. The zero-order chi connectivity index (χ0) is 14.7. The fraction of sp³-hybridized carbons (Fsp3) is 0.0769. The number of halogens is 2. The molecule has 2 aromatic rings. The van der Waals surface area contributed by atoms with Crippen molar-refractivity contribution in [3.8, 4) is 5.75 Å². The van der Waals surface area contributed by atoms with Crippen molar-refractivity contribution in [2.24, 2.45) is 0 Å². The molecule has 5 nitrogen and oxygen atoms in total. The van der Waals surface area contributed by atoms with Gasteiger partial charge in [0, 0.05) is 11.6 Å². The normalized spacial score (nSPS) is 10.2. The van der Waals surface area contributed by atoms with E-state index in [-0.39, 0.29) is 22.3 Å². The van der Waals surface area contributed by atoms with Crippen molar-refractivity contribution >= 4 is 29.0 Å². The Bertz CT molecular complexity index is 644. The highest BCUT2D eigenvalue weighted by atomic mass is 35.5. The summed E-state index contributed by atoms with van der Waals surface area (Å²) in [6, 6.07) is 6.55. The topological polar surface area (TPSA) is 77.2 Å². The molecule has 0 unspecified atom stereocenters. The molecule has 7 heteroatoms. The molecule has 2 rings (SSSR count). The van der Waals surface area contributed by atoms with Crippen molar-refractivity contribution in [2.45, 2.75) is 0 Å². The molecular weight excluding hydrogens is 285 g/mol. The lowest BCUT2D eigenvalue weighted by Gasteiger charge is -2.10. The average Bonchev–Trinajstić information content (AvgIpc) is 2.39. The highest BCUT2D eigenvalue weighted by molar-refractivity contribution is 6.30. The van der Waals surface area contributed by atoms with Gasteiger partial charge in [-0.1, -0.05) is 11.6 Å². The second-order valence-electron chi connectivity index (χ2n) is 3.90. The Morgan fingerprint density at radius 3 is 2.80 bits per heavy atom. The predicted molar refractivity (Wildman–Crippen MR) is 74.6 cm³/mol. The van der Waals surface area contributed by atoms with Crippen LogP contribution in [0.1, 0.15) is 10.4 Å². The molecule has 1 aromatic heterocycles. The summed E-state index contributed by atoms with van der Waals surface area (Å²) >= 11 is 5.73. The van der Waals surface area contributed by atoms with E-state index in [0.29, 0.717) is 5.69 Å². The number of hydrogen-bond donors (Lipinski definition) is 2. The maximum Gasteiger partial charge on any atom is 0.256 e. The molecule has 0 aliphatic rings. The summed E-state index contributed by atoms with van der Waals surface area (Å²) in [4.78, 5) is 15.8. The van der Waals surface area contributed by atoms with Crippen LogP contribution in [0, 0.1) is 5.82 Å². The average molecular weight is 296 g/mol. The number of nitrogens with one attached hydrogen (secondary N) is 1. The first-order valence-corrected chi connectivity index (χ1v) is 5.95. The molecular formula is C13H11ClFN3O2. The number of carbonyl (C=O) groups is 1. The van der Waals surface area contributed by atoms with Gasteiger partial charge < -0.3 is 15.8 Å². The minimum Gasteiger partial charge on any atom is -0.494 e. The standard InChI is InChI=1S/C13H11ClFN3O2/c1-20-10-6-8(15)2-3-9(10)17-13(19)7-4-11(14)18-12(16)5-7/h2-6H,1H3,(H2,16,18)(H,17,19). The lowest BCUT2D eigenvalue weighted by atomic mass is 10.2. The van der Waals surface area contributed by atoms with Crippen LogP contribution in [0.5, 0.6) is 5.75 Å². The molecule has 0 saturated heterocycles. The lowest BCUT2D eigenvalue weighted by molar-refractivity contribution is 0.102. The number of benzene rings is 1. The lowest BCUT2D eigenvalue weighted by Crippen LogP contribution is -2.13. The van der Waals surface area contributed by atoms with Crippen LogP contribution in [0.2, 0.25) is 5.15 Å². The summed E-state index contributed by atoms with van der Waals surface area (Å²) in [5.41, 5.74) is 6.10. The summed E-state index contributed by atoms with van der Waals surface area (Å²) in [6.45, 7) is 0. The van der Waals surface area contributed by atoms with Gasteiger partial charge in [0.2, 0.25) is 0 Å². The van der Waals surface area contributed by atoms with E-state index >= 15 is 0 Å². The molecule has 0 bridgehead atoms. The number of rotatable bonds is 3. The van der Waals surface area contributed by atoms with Crippen molar-refractivity contribution in [3.63, 3.8) is 0 Å². The number of ether oxygens (including phenoxy) is 1. The second-order valence-corrected chi connectivity index (χ2v) is 4.29. The Morgan fingerprint density at radius 1 is 1.40 bits per heavy atom. The van der Waals surface area contributed by atoms with Crippen LogP contribution in [0.25, 0.3) is 0 Å². The molecule has 0 fully saturated rings. The van der Waals surface area contributed by atoms with Crippen LogP contribution in [0.15, 0.2) is 30.3 Å². The maximum atomic E-state index is 13.1. The van der Waals surface area contributed by atoms with E-state index in [1.807, 2.05) is 0 Å². The molecule has 0 atom stereocenters. The molecule has 0 radical (unpaired) electrons. The number of carbonyl (C=O) groups excluding carboxylic acids is 1. The molecule has 20 heavy (non-hydrogen) atoms. The van der Waals surface area contributed by atoms with Gasteiger partial charge >= 0.3 is 0 Å². The Labute approximate surface area is 119 Å². The number of nitrogens with two attached hydrogens (primary N) is 1. The zero-order valence-corrected chi connectivity index (χ0v) is 11.2. The molecule has 1 amide bonds. The van der Waals surface area contributed by atoms with E-state index in [9.17, 15) is 9.18 Å². The van der Waals surface area contributed by atoms with Gasteiger partial charge in [-0.3, -0.25) is 4.79 Å². The van der Waals surface area contributed by atoms with E-state index in [1.165, 1.54) is 37.4 Å². The van der Waals surface area contributed by atoms with Crippen molar-refractivity contribution in [3.05, 3.63) is 46.9 Å². The van der Waals surface area contributed by atoms with Gasteiger partial charge in [-0.2, -0.15) is 0 Å². The number of nitrogen functional groups attached to an aromatic ring is 1. The van der Waals surface area contributed by atoms with Crippen LogP contribution < -0.4 is 15.8 Å². The van der Waals surface area contributed by atoms with Gasteiger partial charge in [0.1, 0.15) is 22.5 Å². The van der Waals surface area contributed by atoms with Crippen LogP contribution >= 0.6 is 11.6 Å². The largest absolute Gasteiger partial charge is 0.494 e. The molecule has 3 N–H and O–H groups in total. The van der Waals surface area contributed by atoms with Crippen LogP contribution in [-0.2, 0) is 0 Å². The fourth-order valence-electron chi connectivity index (χ4n) is 1.61. The van der Waals surface area contributed by atoms with Crippen molar-refractivity contribution in [1.29, 1.82) is 0 Å². The van der Waals surface area contributed by atoms with E-state index in [1.54, 1.807) is 0 Å². The second kappa shape index (κ2) is 5.75. The van der Waals surface area contributed by atoms with E-state index in [2.05, 4.69) is 10.3 Å². The Hall–Kier alpha value is -2.34. The van der Waals surface area contributed by atoms with Crippen LogP contribution in [-0.4, -0.2) is 18.0 Å². The minimum atomic E-state index is -0.462. The molecule has 0 spiro atoms. The molecule has 0 aliphatic heterocycles. The number of methoxy groups -OCH3 is 1. The van der Waals surface area contributed by atoms with E-state index in [4.69, 9.17) is 22.1 Å². The number of hydrogen-bond acceptors (Lipinski definition) is 4. The monoisotopic (exact) mass is 295 g/mol. The first-order valence-electron chi connectivity index (χ1n) is 5.57. The highest BCUT2D eigenvalue weighted by Gasteiger charge is 2.12. The van der Waals surface area contributed by atoms with Gasteiger partial charge in [-0.25, -0.2) is 9.37 Å².